The van der Waals surface area contributed by atoms with Gasteiger partial charge in [-0.1, -0.05) is 6.92 Å². The molecule has 16 heavy (non-hydrogen) atoms. The van der Waals surface area contributed by atoms with Crippen LogP contribution in [0.4, 0.5) is 5.82 Å². The topological polar surface area (TPSA) is 49.0 Å². The van der Waals surface area contributed by atoms with Gasteiger partial charge in [0.05, 0.1) is 6.33 Å². The third-order valence-electron chi connectivity index (χ3n) is 2.49. The van der Waals surface area contributed by atoms with E-state index < -0.39 is 0 Å². The second-order valence-corrected chi connectivity index (χ2v) is 5.49. The first-order valence-electron chi connectivity index (χ1n) is 5.06. The van der Waals surface area contributed by atoms with Gasteiger partial charge in [-0.15, -0.1) is 0 Å². The Morgan fingerprint density at radius 2 is 2.38 bits per heavy atom. The highest BCUT2D eigenvalue weighted by Crippen LogP contribution is 2.19. The van der Waals surface area contributed by atoms with Crippen molar-refractivity contribution >= 4 is 40.2 Å². The van der Waals surface area contributed by atoms with Crippen molar-refractivity contribution in [1.29, 1.82) is 0 Å². The lowest BCUT2D eigenvalue weighted by Gasteiger charge is -2.28. The number of H-pyrrole nitrogens is 1. The number of thioether (sulfide) groups is 1. The van der Waals surface area contributed by atoms with Crippen LogP contribution >= 0.6 is 34.4 Å². The van der Waals surface area contributed by atoms with Gasteiger partial charge < -0.3 is 9.88 Å². The van der Waals surface area contributed by atoms with Gasteiger partial charge in [-0.2, -0.15) is 11.8 Å². The van der Waals surface area contributed by atoms with Crippen LogP contribution in [0.3, 0.4) is 0 Å². The van der Waals surface area contributed by atoms with E-state index in [0.29, 0.717) is 9.61 Å². The van der Waals surface area contributed by atoms with Crippen LogP contribution in [-0.2, 0) is 0 Å². The molecule has 0 fully saturated rings. The molecule has 1 unspecified atom stereocenters. The summed E-state index contributed by atoms with van der Waals surface area (Å²) in [6.07, 6.45) is 4.59. The summed E-state index contributed by atoms with van der Waals surface area (Å²) >= 11 is 3.85. The van der Waals surface area contributed by atoms with Crippen molar-refractivity contribution in [2.45, 2.75) is 19.4 Å². The van der Waals surface area contributed by atoms with E-state index in [4.69, 9.17) is 0 Å². The summed E-state index contributed by atoms with van der Waals surface area (Å²) in [5, 5.41) is 0. The number of halogens is 1. The molecule has 0 aliphatic heterocycles. The van der Waals surface area contributed by atoms with E-state index in [2.05, 4.69) is 28.0 Å². The van der Waals surface area contributed by atoms with Crippen molar-refractivity contribution in [3.8, 4) is 0 Å². The molecule has 0 saturated carbocycles. The van der Waals surface area contributed by atoms with E-state index in [9.17, 15) is 4.79 Å². The van der Waals surface area contributed by atoms with E-state index in [1.165, 1.54) is 6.33 Å². The largest absolute Gasteiger partial charge is 0.355 e. The zero-order chi connectivity index (χ0) is 12.1. The minimum Gasteiger partial charge on any atom is -0.355 e. The van der Waals surface area contributed by atoms with Crippen LogP contribution in [0.5, 0.6) is 0 Å². The van der Waals surface area contributed by atoms with Crippen molar-refractivity contribution in [1.82, 2.24) is 9.97 Å². The van der Waals surface area contributed by atoms with Crippen LogP contribution in [0.25, 0.3) is 0 Å². The summed E-state index contributed by atoms with van der Waals surface area (Å²) in [6, 6.07) is 0.415. The quantitative estimate of drug-likeness (QED) is 0.823. The fourth-order valence-electron chi connectivity index (χ4n) is 1.49. The number of hydrogen-bond donors (Lipinski definition) is 1. The lowest BCUT2D eigenvalue weighted by molar-refractivity contribution is 0.663. The summed E-state index contributed by atoms with van der Waals surface area (Å²) in [7, 11) is 1.99. The molecule has 0 aromatic carbocycles. The lowest BCUT2D eigenvalue weighted by atomic mass is 10.2. The molecule has 0 aliphatic carbocycles. The number of aromatic amines is 1. The monoisotopic (exact) mass is 353 g/mol. The average Bonchev–Trinajstić information content (AvgIpc) is 2.29. The fraction of sp³-hybridized carbons (Fsp3) is 0.600. The Morgan fingerprint density at radius 3 is 2.94 bits per heavy atom. The molecule has 1 aromatic rings. The van der Waals surface area contributed by atoms with E-state index in [1.807, 2.05) is 41.4 Å². The fourth-order valence-corrected chi connectivity index (χ4v) is 3.01. The standard InChI is InChI=1S/C10H16IN3OS/c1-4-7(5-16-3)14(2)9-8(11)10(15)13-6-12-9/h6-7H,4-5H2,1-3H3,(H,12,13,15). The van der Waals surface area contributed by atoms with Crippen LogP contribution in [0.15, 0.2) is 11.1 Å². The van der Waals surface area contributed by atoms with Crippen LogP contribution in [0, 0.1) is 3.57 Å². The Bertz CT molecular complexity index is 396. The molecule has 1 rings (SSSR count). The molecule has 1 aromatic heterocycles. The highest BCUT2D eigenvalue weighted by atomic mass is 127. The molecule has 0 amide bonds. The molecule has 0 saturated heterocycles. The highest BCUT2D eigenvalue weighted by Gasteiger charge is 2.17. The third-order valence-corrected chi connectivity index (χ3v) is 4.18. The van der Waals surface area contributed by atoms with Crippen molar-refractivity contribution in [2.75, 3.05) is 24.0 Å². The molecule has 4 nitrogen and oxygen atoms in total. The van der Waals surface area contributed by atoms with Gasteiger partial charge in [-0.3, -0.25) is 4.79 Å². The lowest BCUT2D eigenvalue weighted by Crippen LogP contribution is -2.35. The molecule has 90 valence electrons. The second kappa shape index (κ2) is 6.48. The predicted octanol–water partition coefficient (Wildman–Crippen LogP) is 1.95. The van der Waals surface area contributed by atoms with E-state index in [-0.39, 0.29) is 5.56 Å². The van der Waals surface area contributed by atoms with Gasteiger partial charge >= 0.3 is 0 Å². The molecule has 0 spiro atoms. The summed E-state index contributed by atoms with van der Waals surface area (Å²) in [5.74, 6) is 1.81. The summed E-state index contributed by atoms with van der Waals surface area (Å²) in [5.41, 5.74) is -0.0727. The highest BCUT2D eigenvalue weighted by molar-refractivity contribution is 14.1. The first-order valence-corrected chi connectivity index (χ1v) is 7.54. The third kappa shape index (κ3) is 3.13. The van der Waals surface area contributed by atoms with Gasteiger partial charge in [0, 0.05) is 18.8 Å². The first-order chi connectivity index (χ1) is 7.61. The maximum absolute atomic E-state index is 11.5. The van der Waals surface area contributed by atoms with E-state index >= 15 is 0 Å². The molecule has 0 bridgehead atoms. The molecule has 0 radical (unpaired) electrons. The van der Waals surface area contributed by atoms with Crippen molar-refractivity contribution < 1.29 is 0 Å². The molecule has 6 heteroatoms. The minimum atomic E-state index is -0.0727. The normalized spacial score (nSPS) is 12.5. The Labute approximate surface area is 113 Å². The van der Waals surface area contributed by atoms with Crippen molar-refractivity contribution in [2.24, 2.45) is 0 Å². The van der Waals surface area contributed by atoms with Crippen LogP contribution in [-0.4, -0.2) is 35.1 Å². The Balaban J connectivity index is 2.98. The smallest absolute Gasteiger partial charge is 0.266 e. The maximum Gasteiger partial charge on any atom is 0.266 e. The molecular weight excluding hydrogens is 337 g/mol. The van der Waals surface area contributed by atoms with Gasteiger partial charge in [0.2, 0.25) is 0 Å². The molecule has 1 N–H and O–H groups in total. The second-order valence-electron chi connectivity index (χ2n) is 3.50. The summed E-state index contributed by atoms with van der Waals surface area (Å²) in [6.45, 7) is 2.15. The number of rotatable bonds is 5. The Kier molecular flexibility index (Phi) is 5.60. The summed E-state index contributed by atoms with van der Waals surface area (Å²) < 4.78 is 0.655. The number of nitrogens with zero attached hydrogens (tertiary/aromatic N) is 2. The molecule has 1 atom stereocenters. The number of nitrogens with one attached hydrogen (secondary N) is 1. The number of anilines is 1. The van der Waals surface area contributed by atoms with E-state index in [0.717, 1.165) is 18.0 Å². The van der Waals surface area contributed by atoms with Gasteiger partial charge in [-0.05, 0) is 35.3 Å². The van der Waals surface area contributed by atoms with Crippen molar-refractivity contribution in [3.05, 3.63) is 20.3 Å². The van der Waals surface area contributed by atoms with Crippen molar-refractivity contribution in [3.63, 3.8) is 0 Å². The summed E-state index contributed by atoms with van der Waals surface area (Å²) in [4.78, 5) is 20.4. The maximum atomic E-state index is 11.5. The van der Waals surface area contributed by atoms with Crippen LogP contribution in [0.2, 0.25) is 0 Å². The molecule has 1 heterocycles. The van der Waals surface area contributed by atoms with E-state index in [1.54, 1.807) is 0 Å². The Morgan fingerprint density at radius 1 is 1.69 bits per heavy atom. The van der Waals surface area contributed by atoms with Gasteiger partial charge in [0.15, 0.2) is 0 Å². The minimum absolute atomic E-state index is 0.0727. The van der Waals surface area contributed by atoms with Gasteiger partial charge in [-0.25, -0.2) is 4.98 Å². The zero-order valence-corrected chi connectivity index (χ0v) is 12.6. The van der Waals surface area contributed by atoms with Crippen LogP contribution in [0.1, 0.15) is 13.3 Å². The van der Waals surface area contributed by atoms with Gasteiger partial charge in [0.25, 0.3) is 5.56 Å². The SMILES string of the molecule is CCC(CSC)N(C)c1nc[nH]c(=O)c1I. The van der Waals surface area contributed by atoms with Gasteiger partial charge in [0.1, 0.15) is 9.39 Å². The number of hydrogen-bond acceptors (Lipinski definition) is 4. The number of aromatic nitrogens is 2. The Hall–Kier alpha value is -0.240. The molecular formula is C10H16IN3OS. The first kappa shape index (κ1) is 13.8. The zero-order valence-electron chi connectivity index (χ0n) is 9.66. The predicted molar refractivity (Wildman–Crippen MR) is 78.4 cm³/mol. The molecule has 0 aliphatic rings. The average molecular weight is 353 g/mol. The van der Waals surface area contributed by atoms with Crippen LogP contribution < -0.4 is 10.5 Å².